The molecule has 2 rings (SSSR count). The molecule has 0 unspecified atom stereocenters. The molecule has 0 aliphatic carbocycles. The monoisotopic (exact) mass is 284 g/mol. The Morgan fingerprint density at radius 3 is 2.57 bits per heavy atom. The summed E-state index contributed by atoms with van der Waals surface area (Å²) in [7, 11) is 0. The van der Waals surface area contributed by atoms with E-state index < -0.39 is 5.97 Å². The minimum atomic E-state index is -0.866. The molecule has 0 spiro atoms. The van der Waals surface area contributed by atoms with Crippen molar-refractivity contribution in [3.05, 3.63) is 70.8 Å². The number of ether oxygens (including phenoxy) is 1. The Kier molecular flexibility index (Phi) is 5.52. The van der Waals surface area contributed by atoms with Gasteiger partial charge in [-0.05, 0) is 42.5 Å². The van der Waals surface area contributed by atoms with Crippen molar-refractivity contribution in [1.82, 2.24) is 0 Å². The van der Waals surface area contributed by atoms with Gasteiger partial charge in [-0.1, -0.05) is 42.5 Å². The first-order valence-electron chi connectivity index (χ1n) is 7.11. The summed E-state index contributed by atoms with van der Waals surface area (Å²) in [4.78, 5) is 11.1. The molecule has 0 atom stereocenters. The minimum absolute atomic E-state index is 0.387. The molecule has 3 heteroatoms. The first-order chi connectivity index (χ1) is 10.2. The molecule has 2 aromatic rings. The van der Waals surface area contributed by atoms with Crippen LogP contribution in [0.25, 0.3) is 0 Å². The molecule has 0 radical (unpaired) electrons. The number of aromatic carboxylic acids is 1. The van der Waals surface area contributed by atoms with Crippen molar-refractivity contribution >= 4 is 5.97 Å². The van der Waals surface area contributed by atoms with Crippen LogP contribution in [0.1, 0.15) is 33.5 Å². The van der Waals surface area contributed by atoms with Gasteiger partial charge in [-0.3, -0.25) is 0 Å². The summed E-state index contributed by atoms with van der Waals surface area (Å²) in [6.07, 6.45) is 1.71. The predicted octanol–water partition coefficient (Wildman–Crippen LogP) is 3.84. The third-order valence-electron chi connectivity index (χ3n) is 3.40. The third-order valence-corrected chi connectivity index (χ3v) is 3.40. The molecule has 0 fully saturated rings. The summed E-state index contributed by atoms with van der Waals surface area (Å²) in [5.41, 5.74) is 3.39. The summed E-state index contributed by atoms with van der Waals surface area (Å²) in [6.45, 7) is 3.11. The molecule has 0 heterocycles. The molecule has 21 heavy (non-hydrogen) atoms. The maximum atomic E-state index is 11.1. The highest BCUT2D eigenvalue weighted by Crippen LogP contribution is 2.13. The second-order valence-electron chi connectivity index (χ2n) is 5.10. The van der Waals surface area contributed by atoms with Crippen LogP contribution in [-0.4, -0.2) is 17.7 Å². The van der Waals surface area contributed by atoms with E-state index in [4.69, 9.17) is 9.84 Å². The Labute approximate surface area is 125 Å². The third kappa shape index (κ3) is 4.72. The highest BCUT2D eigenvalue weighted by atomic mass is 16.5. The second-order valence-corrected chi connectivity index (χ2v) is 5.10. The lowest BCUT2D eigenvalue weighted by atomic mass is 10.0. The van der Waals surface area contributed by atoms with Crippen molar-refractivity contribution in [2.75, 3.05) is 6.61 Å². The van der Waals surface area contributed by atoms with Crippen molar-refractivity contribution in [3.63, 3.8) is 0 Å². The SMILES string of the molecule is Cc1ccc(CCCOCc2ccccc2)cc1C(=O)O. The zero-order valence-corrected chi connectivity index (χ0v) is 12.2. The van der Waals surface area contributed by atoms with Gasteiger partial charge in [-0.2, -0.15) is 0 Å². The normalized spacial score (nSPS) is 10.5. The fraction of sp³-hybridized carbons (Fsp3) is 0.278. The van der Waals surface area contributed by atoms with Gasteiger partial charge in [0.05, 0.1) is 12.2 Å². The van der Waals surface area contributed by atoms with Crippen molar-refractivity contribution in [2.45, 2.75) is 26.4 Å². The zero-order valence-electron chi connectivity index (χ0n) is 12.2. The van der Waals surface area contributed by atoms with E-state index in [1.165, 1.54) is 5.56 Å². The number of benzene rings is 2. The summed E-state index contributed by atoms with van der Waals surface area (Å²) >= 11 is 0. The number of carboxylic acid groups (broad SMARTS) is 1. The lowest BCUT2D eigenvalue weighted by Gasteiger charge is -2.07. The van der Waals surface area contributed by atoms with Crippen molar-refractivity contribution < 1.29 is 14.6 Å². The molecule has 3 nitrogen and oxygen atoms in total. The maximum Gasteiger partial charge on any atom is 0.335 e. The topological polar surface area (TPSA) is 46.5 Å². The number of carbonyl (C=O) groups is 1. The predicted molar refractivity (Wildman–Crippen MR) is 82.6 cm³/mol. The first-order valence-corrected chi connectivity index (χ1v) is 7.11. The number of hydrogen-bond donors (Lipinski definition) is 1. The van der Waals surface area contributed by atoms with Gasteiger partial charge in [-0.25, -0.2) is 4.79 Å². The van der Waals surface area contributed by atoms with Crippen LogP contribution in [0.2, 0.25) is 0 Å². The highest BCUT2D eigenvalue weighted by molar-refractivity contribution is 5.89. The Balaban J connectivity index is 1.76. The Bertz CT molecular complexity index is 591. The van der Waals surface area contributed by atoms with Crippen LogP contribution in [0.5, 0.6) is 0 Å². The van der Waals surface area contributed by atoms with Gasteiger partial charge in [0.15, 0.2) is 0 Å². The van der Waals surface area contributed by atoms with Gasteiger partial charge >= 0.3 is 5.97 Å². The molecule has 0 aromatic heterocycles. The van der Waals surface area contributed by atoms with Crippen LogP contribution in [0, 0.1) is 6.92 Å². The van der Waals surface area contributed by atoms with Crippen LogP contribution in [-0.2, 0) is 17.8 Å². The molecule has 1 N–H and O–H groups in total. The average molecular weight is 284 g/mol. The molecule has 0 amide bonds. The van der Waals surface area contributed by atoms with Crippen LogP contribution >= 0.6 is 0 Å². The van der Waals surface area contributed by atoms with E-state index in [1.807, 2.05) is 49.4 Å². The van der Waals surface area contributed by atoms with Gasteiger partial charge in [0.25, 0.3) is 0 Å². The van der Waals surface area contributed by atoms with Gasteiger partial charge < -0.3 is 9.84 Å². The molecule has 0 aliphatic heterocycles. The number of aryl methyl sites for hydroxylation is 2. The fourth-order valence-electron chi connectivity index (χ4n) is 2.20. The Morgan fingerprint density at radius 2 is 1.86 bits per heavy atom. The lowest BCUT2D eigenvalue weighted by Crippen LogP contribution is -2.02. The molecule has 0 saturated carbocycles. The minimum Gasteiger partial charge on any atom is -0.478 e. The number of rotatable bonds is 7. The Hall–Kier alpha value is -2.13. The van der Waals surface area contributed by atoms with E-state index in [2.05, 4.69) is 0 Å². The van der Waals surface area contributed by atoms with Crippen LogP contribution in [0.3, 0.4) is 0 Å². The molecular formula is C18H20O3. The smallest absolute Gasteiger partial charge is 0.335 e. The number of hydrogen-bond acceptors (Lipinski definition) is 2. The molecular weight excluding hydrogens is 264 g/mol. The van der Waals surface area contributed by atoms with E-state index in [1.54, 1.807) is 6.07 Å². The van der Waals surface area contributed by atoms with Gasteiger partial charge in [0.1, 0.15) is 0 Å². The molecule has 0 bridgehead atoms. The zero-order chi connectivity index (χ0) is 15.1. The van der Waals surface area contributed by atoms with E-state index >= 15 is 0 Å². The largest absolute Gasteiger partial charge is 0.478 e. The summed E-state index contributed by atoms with van der Waals surface area (Å²) < 4.78 is 5.63. The van der Waals surface area contributed by atoms with Crippen molar-refractivity contribution in [3.8, 4) is 0 Å². The van der Waals surface area contributed by atoms with Gasteiger partial charge in [0, 0.05) is 6.61 Å². The van der Waals surface area contributed by atoms with E-state index in [9.17, 15) is 4.79 Å². The van der Waals surface area contributed by atoms with Crippen molar-refractivity contribution in [1.29, 1.82) is 0 Å². The van der Waals surface area contributed by atoms with Crippen LogP contribution in [0.15, 0.2) is 48.5 Å². The first kappa shape index (κ1) is 15.3. The maximum absolute atomic E-state index is 11.1. The molecule has 110 valence electrons. The van der Waals surface area contributed by atoms with E-state index in [0.29, 0.717) is 18.8 Å². The molecule has 0 aliphatic rings. The summed E-state index contributed by atoms with van der Waals surface area (Å²) in [5, 5.41) is 9.10. The van der Waals surface area contributed by atoms with Crippen LogP contribution < -0.4 is 0 Å². The number of carboxylic acids is 1. The second kappa shape index (κ2) is 7.60. The van der Waals surface area contributed by atoms with Gasteiger partial charge in [-0.15, -0.1) is 0 Å². The average Bonchev–Trinajstić information content (AvgIpc) is 2.49. The lowest BCUT2D eigenvalue weighted by molar-refractivity contribution is 0.0696. The highest BCUT2D eigenvalue weighted by Gasteiger charge is 2.07. The summed E-state index contributed by atoms with van der Waals surface area (Å²) in [5.74, 6) is -0.866. The quantitative estimate of drug-likeness (QED) is 0.786. The Morgan fingerprint density at radius 1 is 1.10 bits per heavy atom. The summed E-state index contributed by atoms with van der Waals surface area (Å²) in [6, 6.07) is 15.7. The van der Waals surface area contributed by atoms with Crippen LogP contribution in [0.4, 0.5) is 0 Å². The van der Waals surface area contributed by atoms with Gasteiger partial charge in [0.2, 0.25) is 0 Å². The fourth-order valence-corrected chi connectivity index (χ4v) is 2.20. The van der Waals surface area contributed by atoms with E-state index in [0.717, 1.165) is 24.0 Å². The van der Waals surface area contributed by atoms with E-state index in [-0.39, 0.29) is 0 Å². The van der Waals surface area contributed by atoms with Crippen molar-refractivity contribution in [2.24, 2.45) is 0 Å². The molecule has 2 aromatic carbocycles. The standard InChI is InChI=1S/C18H20O3/c1-14-9-10-15(12-17(14)18(19)20)8-5-11-21-13-16-6-3-2-4-7-16/h2-4,6-7,9-10,12H,5,8,11,13H2,1H3,(H,19,20). The molecule has 0 saturated heterocycles.